The van der Waals surface area contributed by atoms with E-state index in [2.05, 4.69) is 5.32 Å². The van der Waals surface area contributed by atoms with Crippen molar-refractivity contribution in [1.29, 1.82) is 0 Å². The van der Waals surface area contributed by atoms with E-state index in [1.54, 1.807) is 24.3 Å². The zero-order valence-corrected chi connectivity index (χ0v) is 10.1. The monoisotopic (exact) mass is 281 g/mol. The number of benzene rings is 2. The number of rotatable bonds is 2. The van der Waals surface area contributed by atoms with Crippen LogP contribution in [0.2, 0.25) is 0 Å². The number of anilines is 1. The minimum absolute atomic E-state index is 0.319. The van der Waals surface area contributed by atoms with Gasteiger partial charge in [0.05, 0.1) is 11.3 Å². The molecule has 104 valence electrons. The molecule has 0 aliphatic heterocycles. The van der Waals surface area contributed by atoms with Gasteiger partial charge in [-0.3, -0.25) is 5.32 Å². The zero-order chi connectivity index (χ0) is 14.8. The number of halogens is 3. The summed E-state index contributed by atoms with van der Waals surface area (Å²) in [6, 6.07) is 11.0. The van der Waals surface area contributed by atoms with Crippen LogP contribution in [0.4, 0.5) is 23.7 Å². The maximum absolute atomic E-state index is 12.5. The topological polar surface area (TPSA) is 49.3 Å². The summed E-state index contributed by atoms with van der Waals surface area (Å²) >= 11 is 0. The average molecular weight is 281 g/mol. The van der Waals surface area contributed by atoms with Crippen LogP contribution in [0.5, 0.6) is 0 Å². The smallest absolute Gasteiger partial charge is 0.416 e. The van der Waals surface area contributed by atoms with Crippen LogP contribution in [0, 0.1) is 0 Å². The molecule has 3 nitrogen and oxygen atoms in total. The Labute approximate surface area is 112 Å². The Balaban J connectivity index is 2.39. The Morgan fingerprint density at radius 3 is 2.15 bits per heavy atom. The second-order valence-electron chi connectivity index (χ2n) is 4.05. The summed E-state index contributed by atoms with van der Waals surface area (Å²) in [7, 11) is 0. The molecule has 0 atom stereocenters. The molecule has 2 aromatic carbocycles. The van der Waals surface area contributed by atoms with Gasteiger partial charge in [0.15, 0.2) is 0 Å². The molecule has 0 fully saturated rings. The molecule has 2 aromatic rings. The van der Waals surface area contributed by atoms with E-state index < -0.39 is 17.8 Å². The van der Waals surface area contributed by atoms with Gasteiger partial charge in [0.2, 0.25) is 0 Å². The van der Waals surface area contributed by atoms with Crippen molar-refractivity contribution in [3.05, 3.63) is 54.1 Å². The molecule has 20 heavy (non-hydrogen) atoms. The summed E-state index contributed by atoms with van der Waals surface area (Å²) in [6.07, 6.45) is -5.62. The van der Waals surface area contributed by atoms with Crippen molar-refractivity contribution in [2.45, 2.75) is 6.18 Å². The van der Waals surface area contributed by atoms with Crippen LogP contribution >= 0.6 is 0 Å². The predicted octanol–water partition coefficient (Wildman–Crippen LogP) is 4.46. The van der Waals surface area contributed by atoms with Crippen LogP contribution in [0.3, 0.4) is 0 Å². The molecule has 0 heterocycles. The molecule has 0 radical (unpaired) electrons. The summed E-state index contributed by atoms with van der Waals surface area (Å²) < 4.78 is 37.4. The lowest BCUT2D eigenvalue weighted by Gasteiger charge is -2.11. The maximum atomic E-state index is 12.5. The predicted molar refractivity (Wildman–Crippen MR) is 68.5 cm³/mol. The summed E-state index contributed by atoms with van der Waals surface area (Å²) in [5, 5.41) is 10.9. The minimum atomic E-state index is -4.39. The molecule has 0 unspecified atom stereocenters. The lowest BCUT2D eigenvalue weighted by molar-refractivity contribution is -0.137. The van der Waals surface area contributed by atoms with E-state index >= 15 is 0 Å². The van der Waals surface area contributed by atoms with Crippen LogP contribution in [-0.4, -0.2) is 11.2 Å². The SMILES string of the molecule is O=C(O)Nc1ccccc1-c1ccc(C(F)(F)F)cc1. The fraction of sp³-hybridized carbons (Fsp3) is 0.0714. The first-order valence-corrected chi connectivity index (χ1v) is 5.64. The molecule has 0 saturated heterocycles. The number of para-hydroxylation sites is 1. The van der Waals surface area contributed by atoms with E-state index in [1.165, 1.54) is 12.1 Å². The van der Waals surface area contributed by atoms with Gasteiger partial charge in [0.25, 0.3) is 0 Å². The van der Waals surface area contributed by atoms with Crippen molar-refractivity contribution >= 4 is 11.8 Å². The Bertz CT molecular complexity index is 621. The largest absolute Gasteiger partial charge is 0.465 e. The van der Waals surface area contributed by atoms with E-state index in [4.69, 9.17) is 5.11 Å². The van der Waals surface area contributed by atoms with Crippen molar-refractivity contribution in [3.8, 4) is 11.1 Å². The Morgan fingerprint density at radius 2 is 1.60 bits per heavy atom. The number of hydrogen-bond donors (Lipinski definition) is 2. The van der Waals surface area contributed by atoms with Gasteiger partial charge in [0.1, 0.15) is 0 Å². The van der Waals surface area contributed by atoms with Gasteiger partial charge in [-0.1, -0.05) is 30.3 Å². The quantitative estimate of drug-likeness (QED) is 0.853. The van der Waals surface area contributed by atoms with Gasteiger partial charge in [-0.05, 0) is 23.8 Å². The van der Waals surface area contributed by atoms with Gasteiger partial charge in [-0.2, -0.15) is 13.2 Å². The summed E-state index contributed by atoms with van der Waals surface area (Å²) in [5.74, 6) is 0. The summed E-state index contributed by atoms with van der Waals surface area (Å²) in [4.78, 5) is 10.7. The minimum Gasteiger partial charge on any atom is -0.465 e. The van der Waals surface area contributed by atoms with Crippen molar-refractivity contribution in [2.24, 2.45) is 0 Å². The highest BCUT2D eigenvalue weighted by Crippen LogP contribution is 2.33. The van der Waals surface area contributed by atoms with Gasteiger partial charge in [0, 0.05) is 5.56 Å². The highest BCUT2D eigenvalue weighted by atomic mass is 19.4. The van der Waals surface area contributed by atoms with Crippen LogP contribution in [0.25, 0.3) is 11.1 Å². The third kappa shape index (κ3) is 3.09. The van der Waals surface area contributed by atoms with Crippen LogP contribution in [0.15, 0.2) is 48.5 Å². The second kappa shape index (κ2) is 5.24. The lowest BCUT2D eigenvalue weighted by atomic mass is 10.0. The van der Waals surface area contributed by atoms with E-state index in [0.29, 0.717) is 16.8 Å². The molecule has 2 N–H and O–H groups in total. The highest BCUT2D eigenvalue weighted by molar-refractivity contribution is 5.90. The summed E-state index contributed by atoms with van der Waals surface area (Å²) in [6.45, 7) is 0. The number of carbonyl (C=O) groups is 1. The van der Waals surface area contributed by atoms with Crippen molar-refractivity contribution < 1.29 is 23.1 Å². The first-order chi connectivity index (χ1) is 9.38. The van der Waals surface area contributed by atoms with E-state index in [1.807, 2.05) is 0 Å². The van der Waals surface area contributed by atoms with Crippen molar-refractivity contribution in [3.63, 3.8) is 0 Å². The number of alkyl halides is 3. The molecule has 0 aliphatic rings. The highest BCUT2D eigenvalue weighted by Gasteiger charge is 2.30. The lowest BCUT2D eigenvalue weighted by Crippen LogP contribution is -2.08. The molecule has 0 saturated carbocycles. The molecule has 0 aromatic heterocycles. The standard InChI is InChI=1S/C14H10F3NO2/c15-14(16,17)10-7-5-9(6-8-10)11-3-1-2-4-12(11)18-13(19)20/h1-8,18H,(H,19,20). The molecule has 0 spiro atoms. The molecular formula is C14H10F3NO2. The van der Waals surface area contributed by atoms with Gasteiger partial charge < -0.3 is 5.11 Å². The molecular weight excluding hydrogens is 271 g/mol. The van der Waals surface area contributed by atoms with E-state index in [0.717, 1.165) is 12.1 Å². The zero-order valence-electron chi connectivity index (χ0n) is 10.1. The normalized spacial score (nSPS) is 11.2. The Morgan fingerprint density at radius 1 is 1.00 bits per heavy atom. The number of hydrogen-bond acceptors (Lipinski definition) is 1. The third-order valence-corrected chi connectivity index (χ3v) is 2.69. The molecule has 6 heteroatoms. The molecule has 0 bridgehead atoms. The molecule has 2 rings (SSSR count). The Hall–Kier alpha value is -2.50. The fourth-order valence-electron chi connectivity index (χ4n) is 1.80. The van der Waals surface area contributed by atoms with Crippen molar-refractivity contribution in [2.75, 3.05) is 5.32 Å². The first kappa shape index (κ1) is 13.9. The number of nitrogens with one attached hydrogen (secondary N) is 1. The summed E-state index contributed by atoms with van der Waals surface area (Å²) in [5.41, 5.74) is 0.593. The average Bonchev–Trinajstić information content (AvgIpc) is 2.38. The number of carboxylic acid groups (broad SMARTS) is 1. The molecule has 1 amide bonds. The van der Waals surface area contributed by atoms with Gasteiger partial charge in [-0.25, -0.2) is 4.79 Å². The van der Waals surface area contributed by atoms with Gasteiger partial charge >= 0.3 is 12.3 Å². The first-order valence-electron chi connectivity index (χ1n) is 5.64. The molecule has 0 aliphatic carbocycles. The van der Waals surface area contributed by atoms with Gasteiger partial charge in [-0.15, -0.1) is 0 Å². The second-order valence-corrected chi connectivity index (χ2v) is 4.05. The fourth-order valence-corrected chi connectivity index (χ4v) is 1.80. The Kier molecular flexibility index (Phi) is 3.65. The third-order valence-electron chi connectivity index (χ3n) is 2.69. The number of amides is 1. The van der Waals surface area contributed by atoms with E-state index in [-0.39, 0.29) is 0 Å². The van der Waals surface area contributed by atoms with E-state index in [9.17, 15) is 18.0 Å². The maximum Gasteiger partial charge on any atom is 0.416 e. The van der Waals surface area contributed by atoms with Crippen LogP contribution in [0.1, 0.15) is 5.56 Å². The van der Waals surface area contributed by atoms with Crippen LogP contribution < -0.4 is 5.32 Å². The van der Waals surface area contributed by atoms with Crippen molar-refractivity contribution in [1.82, 2.24) is 0 Å². The van der Waals surface area contributed by atoms with Crippen LogP contribution in [-0.2, 0) is 6.18 Å².